The Morgan fingerprint density at radius 1 is 0.323 bits per heavy atom. The van der Waals surface area contributed by atoms with Crippen LogP contribution in [0.4, 0.5) is 34.1 Å². The maximum absolute atomic E-state index is 6.33. The van der Waals surface area contributed by atoms with Crippen molar-refractivity contribution in [1.82, 2.24) is 0 Å². The van der Waals surface area contributed by atoms with E-state index in [0.717, 1.165) is 56.1 Å². The van der Waals surface area contributed by atoms with Gasteiger partial charge in [-0.1, -0.05) is 152 Å². The molecule has 1 aromatic heterocycles. The summed E-state index contributed by atoms with van der Waals surface area (Å²) in [5.41, 5.74) is 18.0. The number of benzene rings is 10. The quantitative estimate of drug-likeness (QED) is 0.167. The lowest BCUT2D eigenvalue weighted by Crippen LogP contribution is -2.28. The maximum atomic E-state index is 6.33. The molecule has 290 valence electrons. The van der Waals surface area contributed by atoms with Crippen LogP contribution in [-0.2, 0) is 5.41 Å². The fraction of sp³-hybridized carbons (Fsp3) is 0.0169. The van der Waals surface area contributed by atoms with E-state index in [9.17, 15) is 0 Å². The predicted octanol–water partition coefficient (Wildman–Crippen LogP) is 16.0. The van der Waals surface area contributed by atoms with Crippen molar-refractivity contribution in [2.45, 2.75) is 5.41 Å². The first-order chi connectivity index (χ1) is 30.8. The fourth-order valence-electron chi connectivity index (χ4n) is 10.8. The van der Waals surface area contributed by atoms with Gasteiger partial charge in [0.1, 0.15) is 11.2 Å². The highest BCUT2D eigenvalue weighted by Gasteiger charge is 2.54. The van der Waals surface area contributed by atoms with Gasteiger partial charge in [0, 0.05) is 44.8 Å². The molecule has 0 saturated carbocycles. The first kappa shape index (κ1) is 34.7. The SMILES string of the molecule is c1ccc(N(c2ccc3c(c2)C2(c4ccccc4-3)c3ccccc3-c3c2c(N(c2ccccc2)c2ccccc2)cc2ccccc32)c2ccc3oc4ccccc4c3c2)cc1. The number of hydrogen-bond donors (Lipinski definition) is 0. The summed E-state index contributed by atoms with van der Waals surface area (Å²) in [6, 6.07) is 84.2. The standard InChI is InChI=1S/C59H38N2O/c1-4-19-40(20-5-1)60(43-33-35-56-50(37-43)48-27-14-17-31-55(48)62-56)44-32-34-47-46-26-12-15-29-51(46)59(53(47)38-44)52-30-16-13-28-49(52)57-45-25-11-10-18-39(45)36-54(58(57)59)61(41-21-6-2-7-22-41)42-23-8-3-9-24-42/h1-38H. The molecule has 1 atom stereocenters. The van der Waals surface area contributed by atoms with Gasteiger partial charge in [-0.25, -0.2) is 0 Å². The van der Waals surface area contributed by atoms with Gasteiger partial charge in [0.2, 0.25) is 0 Å². The molecular formula is C59H38N2O. The summed E-state index contributed by atoms with van der Waals surface area (Å²) in [5, 5.41) is 4.68. The predicted molar refractivity (Wildman–Crippen MR) is 257 cm³/mol. The third-order valence-corrected chi connectivity index (χ3v) is 13.2. The molecule has 62 heavy (non-hydrogen) atoms. The molecule has 0 aliphatic heterocycles. The van der Waals surface area contributed by atoms with E-state index in [0.29, 0.717) is 0 Å². The largest absolute Gasteiger partial charge is 0.456 e. The first-order valence-corrected chi connectivity index (χ1v) is 21.3. The van der Waals surface area contributed by atoms with E-state index in [1.165, 1.54) is 55.3 Å². The van der Waals surface area contributed by atoms with Gasteiger partial charge in [-0.2, -0.15) is 0 Å². The number of hydrogen-bond acceptors (Lipinski definition) is 3. The van der Waals surface area contributed by atoms with Gasteiger partial charge in [0.25, 0.3) is 0 Å². The molecule has 11 aromatic rings. The summed E-state index contributed by atoms with van der Waals surface area (Å²) in [7, 11) is 0. The zero-order chi connectivity index (χ0) is 40.8. The van der Waals surface area contributed by atoms with Crippen LogP contribution in [0.15, 0.2) is 235 Å². The average Bonchev–Trinajstić information content (AvgIpc) is 3.97. The van der Waals surface area contributed by atoms with E-state index in [-0.39, 0.29) is 0 Å². The molecule has 0 saturated heterocycles. The van der Waals surface area contributed by atoms with Gasteiger partial charge >= 0.3 is 0 Å². The number of nitrogens with zero attached hydrogens (tertiary/aromatic N) is 2. The highest BCUT2D eigenvalue weighted by molar-refractivity contribution is 6.11. The van der Waals surface area contributed by atoms with Crippen LogP contribution in [0.25, 0.3) is 55.0 Å². The van der Waals surface area contributed by atoms with E-state index < -0.39 is 5.41 Å². The molecule has 13 rings (SSSR count). The molecule has 3 heteroatoms. The minimum Gasteiger partial charge on any atom is -0.456 e. The Morgan fingerprint density at radius 2 is 0.839 bits per heavy atom. The van der Waals surface area contributed by atoms with Crippen LogP contribution in [0, 0.1) is 0 Å². The zero-order valence-corrected chi connectivity index (χ0v) is 33.7. The van der Waals surface area contributed by atoms with Crippen LogP contribution in [0.2, 0.25) is 0 Å². The van der Waals surface area contributed by atoms with Crippen LogP contribution in [0.5, 0.6) is 0 Å². The minimum atomic E-state index is -0.651. The second-order valence-electron chi connectivity index (χ2n) is 16.4. The van der Waals surface area contributed by atoms with Gasteiger partial charge < -0.3 is 14.2 Å². The summed E-state index contributed by atoms with van der Waals surface area (Å²) in [6.45, 7) is 0. The second kappa shape index (κ2) is 13.4. The highest BCUT2D eigenvalue weighted by atomic mass is 16.3. The Bertz CT molecular complexity index is 3500. The number of furan rings is 1. The molecular weight excluding hydrogens is 753 g/mol. The monoisotopic (exact) mass is 790 g/mol. The van der Waals surface area contributed by atoms with E-state index >= 15 is 0 Å². The summed E-state index contributed by atoms with van der Waals surface area (Å²) in [6.07, 6.45) is 0. The van der Waals surface area contributed by atoms with Crippen molar-refractivity contribution in [3.8, 4) is 22.3 Å². The minimum absolute atomic E-state index is 0.651. The van der Waals surface area contributed by atoms with E-state index in [2.05, 4.69) is 228 Å². The van der Waals surface area contributed by atoms with Crippen molar-refractivity contribution in [3.63, 3.8) is 0 Å². The summed E-state index contributed by atoms with van der Waals surface area (Å²) in [5.74, 6) is 0. The number of anilines is 6. The summed E-state index contributed by atoms with van der Waals surface area (Å²) >= 11 is 0. The fourth-order valence-corrected chi connectivity index (χ4v) is 10.8. The van der Waals surface area contributed by atoms with E-state index in [4.69, 9.17) is 4.42 Å². The van der Waals surface area contributed by atoms with Gasteiger partial charge in [-0.15, -0.1) is 0 Å². The molecule has 3 nitrogen and oxygen atoms in total. The molecule has 0 amide bonds. The second-order valence-corrected chi connectivity index (χ2v) is 16.4. The van der Waals surface area contributed by atoms with Crippen molar-refractivity contribution in [2.75, 3.05) is 9.80 Å². The topological polar surface area (TPSA) is 19.6 Å². The van der Waals surface area contributed by atoms with Crippen molar-refractivity contribution in [1.29, 1.82) is 0 Å². The van der Waals surface area contributed by atoms with Crippen LogP contribution >= 0.6 is 0 Å². The zero-order valence-electron chi connectivity index (χ0n) is 33.7. The molecule has 2 aliphatic carbocycles. The lowest BCUT2D eigenvalue weighted by Gasteiger charge is -2.36. The molecule has 0 radical (unpaired) electrons. The third kappa shape index (κ3) is 4.88. The van der Waals surface area contributed by atoms with Crippen molar-refractivity contribution < 1.29 is 4.42 Å². The Balaban J connectivity index is 1.15. The van der Waals surface area contributed by atoms with E-state index in [1.54, 1.807) is 0 Å². The molecule has 2 aliphatic rings. The average molecular weight is 791 g/mol. The molecule has 1 unspecified atom stereocenters. The van der Waals surface area contributed by atoms with Crippen molar-refractivity contribution in [3.05, 3.63) is 253 Å². The smallest absolute Gasteiger partial charge is 0.135 e. The van der Waals surface area contributed by atoms with E-state index in [1.807, 2.05) is 12.1 Å². The van der Waals surface area contributed by atoms with Gasteiger partial charge in [0.05, 0.1) is 11.1 Å². The van der Waals surface area contributed by atoms with Gasteiger partial charge in [-0.3, -0.25) is 0 Å². The lowest BCUT2D eigenvalue weighted by atomic mass is 9.69. The third-order valence-electron chi connectivity index (χ3n) is 13.2. The normalized spacial score (nSPS) is 14.5. The summed E-state index contributed by atoms with van der Waals surface area (Å²) < 4.78 is 6.33. The number of para-hydroxylation sites is 4. The number of rotatable bonds is 6. The number of fused-ring (bicyclic) bond motifs is 15. The summed E-state index contributed by atoms with van der Waals surface area (Å²) in [4.78, 5) is 4.88. The molecule has 0 fully saturated rings. The lowest BCUT2D eigenvalue weighted by molar-refractivity contribution is 0.669. The Hall–Kier alpha value is -8.14. The molecule has 1 heterocycles. The Morgan fingerprint density at radius 3 is 1.56 bits per heavy atom. The van der Waals surface area contributed by atoms with Crippen LogP contribution < -0.4 is 9.80 Å². The van der Waals surface area contributed by atoms with Crippen LogP contribution in [0.1, 0.15) is 22.3 Å². The van der Waals surface area contributed by atoms with Crippen LogP contribution in [0.3, 0.4) is 0 Å². The van der Waals surface area contributed by atoms with Gasteiger partial charge in [0.15, 0.2) is 0 Å². The molecule has 0 bridgehead atoms. The van der Waals surface area contributed by atoms with Gasteiger partial charge in [-0.05, 0) is 129 Å². The Labute approximate surface area is 360 Å². The molecule has 1 spiro atoms. The maximum Gasteiger partial charge on any atom is 0.135 e. The van der Waals surface area contributed by atoms with Crippen molar-refractivity contribution in [2.24, 2.45) is 0 Å². The highest BCUT2D eigenvalue weighted by Crippen LogP contribution is 2.67. The Kier molecular flexibility index (Phi) is 7.52. The van der Waals surface area contributed by atoms with Crippen molar-refractivity contribution >= 4 is 66.8 Å². The first-order valence-electron chi connectivity index (χ1n) is 21.3. The van der Waals surface area contributed by atoms with Crippen LogP contribution in [-0.4, -0.2) is 0 Å². The molecule has 10 aromatic carbocycles. The molecule has 0 N–H and O–H groups in total.